The molecule has 0 aliphatic heterocycles. The Kier molecular flexibility index (Phi) is 4.29. The van der Waals surface area contributed by atoms with Gasteiger partial charge in [0.15, 0.2) is 0 Å². The zero-order valence-electron chi connectivity index (χ0n) is 13.0. The molecule has 1 amide bonds. The van der Waals surface area contributed by atoms with Crippen molar-refractivity contribution < 1.29 is 4.79 Å². The smallest absolute Gasteiger partial charge is 0.249 e. The van der Waals surface area contributed by atoms with Gasteiger partial charge >= 0.3 is 0 Å². The lowest BCUT2D eigenvalue weighted by Gasteiger charge is -2.08. The summed E-state index contributed by atoms with van der Waals surface area (Å²) < 4.78 is 1.16. The quantitative estimate of drug-likeness (QED) is 0.467. The van der Waals surface area contributed by atoms with E-state index in [4.69, 9.17) is 17.3 Å². The highest BCUT2D eigenvalue weighted by Crippen LogP contribution is 2.44. The second-order valence-corrected chi connectivity index (χ2v) is 7.89. The highest BCUT2D eigenvalue weighted by atomic mass is 35.5. The van der Waals surface area contributed by atoms with Gasteiger partial charge in [-0.15, -0.1) is 11.3 Å². The van der Waals surface area contributed by atoms with Crippen LogP contribution in [-0.2, 0) is 0 Å². The molecular weight excluding hydrogens is 372 g/mol. The van der Waals surface area contributed by atoms with Gasteiger partial charge in [0.2, 0.25) is 5.91 Å². The summed E-state index contributed by atoms with van der Waals surface area (Å²) in [7, 11) is 0. The number of nitrogens with two attached hydrogens (primary N) is 1. The highest BCUT2D eigenvalue weighted by molar-refractivity contribution is 7.99. The number of halogens is 1. The van der Waals surface area contributed by atoms with Gasteiger partial charge in [-0.1, -0.05) is 41.6 Å². The van der Waals surface area contributed by atoms with Crippen LogP contribution in [0.5, 0.6) is 0 Å². The maximum Gasteiger partial charge on any atom is 0.249 e. The van der Waals surface area contributed by atoms with Crippen LogP contribution in [0.4, 0.5) is 0 Å². The summed E-state index contributed by atoms with van der Waals surface area (Å²) in [5, 5.41) is 2.76. The van der Waals surface area contributed by atoms with E-state index < -0.39 is 5.91 Å². The molecule has 0 spiro atoms. The number of hydrogen-bond acceptors (Lipinski definition) is 3. The molecule has 3 nitrogen and oxygen atoms in total. The van der Waals surface area contributed by atoms with Crippen LogP contribution in [0.3, 0.4) is 0 Å². The van der Waals surface area contributed by atoms with Gasteiger partial charge < -0.3 is 10.7 Å². The van der Waals surface area contributed by atoms with E-state index in [-0.39, 0.29) is 0 Å². The standard InChI is InChI=1S/C19H13ClN2OS2/c20-11-5-7-12(8-6-11)25-18-16(22-15-9-10-24-17(15)18)13-3-1-2-4-14(13)19(21)23/h1-10,22H,(H2,21,23). The Hall–Kier alpha value is -2.21. The van der Waals surface area contributed by atoms with E-state index in [0.29, 0.717) is 10.6 Å². The van der Waals surface area contributed by atoms with Gasteiger partial charge in [0, 0.05) is 21.0 Å². The number of benzene rings is 2. The Morgan fingerprint density at radius 3 is 2.60 bits per heavy atom. The van der Waals surface area contributed by atoms with Gasteiger partial charge in [-0.2, -0.15) is 0 Å². The van der Waals surface area contributed by atoms with E-state index in [1.54, 1.807) is 29.2 Å². The van der Waals surface area contributed by atoms with Crippen molar-refractivity contribution in [3.8, 4) is 11.3 Å². The topological polar surface area (TPSA) is 58.9 Å². The van der Waals surface area contributed by atoms with Gasteiger partial charge in [-0.05, 0) is 41.8 Å². The molecule has 0 saturated carbocycles. The van der Waals surface area contributed by atoms with Crippen LogP contribution in [0.15, 0.2) is 69.8 Å². The molecule has 2 aromatic heterocycles. The number of carbonyl (C=O) groups is 1. The van der Waals surface area contributed by atoms with Crippen molar-refractivity contribution in [2.24, 2.45) is 5.73 Å². The molecular formula is C19H13ClN2OS2. The zero-order valence-corrected chi connectivity index (χ0v) is 15.3. The average molecular weight is 385 g/mol. The Labute approximate surface area is 157 Å². The minimum atomic E-state index is -0.434. The number of hydrogen-bond donors (Lipinski definition) is 2. The summed E-state index contributed by atoms with van der Waals surface area (Å²) in [6, 6.07) is 17.2. The molecule has 0 bridgehead atoms. The van der Waals surface area contributed by atoms with Crippen molar-refractivity contribution in [1.82, 2.24) is 4.98 Å². The Morgan fingerprint density at radius 2 is 1.84 bits per heavy atom. The fourth-order valence-electron chi connectivity index (χ4n) is 2.71. The predicted octanol–water partition coefficient (Wildman–Crippen LogP) is 5.80. The molecule has 6 heteroatoms. The van der Waals surface area contributed by atoms with E-state index in [9.17, 15) is 4.79 Å². The summed E-state index contributed by atoms with van der Waals surface area (Å²) in [5.41, 5.74) is 8.86. The van der Waals surface area contributed by atoms with Crippen molar-refractivity contribution in [3.05, 3.63) is 70.6 Å². The molecule has 0 aliphatic rings. The predicted molar refractivity (Wildman–Crippen MR) is 106 cm³/mol. The molecule has 0 atom stereocenters. The van der Waals surface area contributed by atoms with E-state index in [2.05, 4.69) is 10.4 Å². The average Bonchev–Trinajstić information content (AvgIpc) is 3.19. The Balaban J connectivity index is 1.89. The first-order chi connectivity index (χ1) is 12.1. The molecule has 0 radical (unpaired) electrons. The number of rotatable bonds is 4. The van der Waals surface area contributed by atoms with Crippen LogP contribution < -0.4 is 5.73 Å². The van der Waals surface area contributed by atoms with Crippen LogP contribution in [0.25, 0.3) is 21.5 Å². The number of aromatic amines is 1. The number of H-pyrrole nitrogens is 1. The van der Waals surface area contributed by atoms with Crippen LogP contribution in [-0.4, -0.2) is 10.9 Å². The number of aromatic nitrogens is 1. The van der Waals surface area contributed by atoms with Gasteiger partial charge in [0.1, 0.15) is 0 Å². The summed E-state index contributed by atoms with van der Waals surface area (Å²) in [6.45, 7) is 0. The summed E-state index contributed by atoms with van der Waals surface area (Å²) >= 11 is 9.31. The minimum absolute atomic E-state index is 0.434. The largest absolute Gasteiger partial charge is 0.366 e. The highest BCUT2D eigenvalue weighted by Gasteiger charge is 2.19. The second-order valence-electron chi connectivity index (χ2n) is 5.46. The summed E-state index contributed by atoms with van der Waals surface area (Å²) in [5.74, 6) is -0.434. The maximum atomic E-state index is 11.8. The number of primary amides is 1. The summed E-state index contributed by atoms with van der Waals surface area (Å²) in [4.78, 5) is 17.5. The van der Waals surface area contributed by atoms with Gasteiger partial charge in [-0.3, -0.25) is 4.79 Å². The Bertz CT molecular complexity index is 1070. The normalized spacial score (nSPS) is 11.1. The van der Waals surface area contributed by atoms with Crippen molar-refractivity contribution >= 4 is 50.8 Å². The molecule has 0 aliphatic carbocycles. The van der Waals surface area contributed by atoms with Crippen molar-refractivity contribution in [2.45, 2.75) is 9.79 Å². The lowest BCUT2D eigenvalue weighted by Crippen LogP contribution is -2.12. The van der Waals surface area contributed by atoms with Crippen LogP contribution in [0.2, 0.25) is 5.02 Å². The lowest BCUT2D eigenvalue weighted by molar-refractivity contribution is 0.100. The molecule has 2 aromatic carbocycles. The minimum Gasteiger partial charge on any atom is -0.366 e. The molecule has 0 fully saturated rings. The zero-order chi connectivity index (χ0) is 17.4. The van der Waals surface area contributed by atoms with Crippen molar-refractivity contribution in [2.75, 3.05) is 0 Å². The maximum absolute atomic E-state index is 11.8. The molecule has 2 heterocycles. The number of nitrogens with one attached hydrogen (secondary N) is 1. The molecule has 4 rings (SSSR count). The molecule has 124 valence electrons. The third-order valence-corrected chi connectivity index (χ3v) is 6.29. The summed E-state index contributed by atoms with van der Waals surface area (Å²) in [6.07, 6.45) is 0. The van der Waals surface area contributed by atoms with E-state index >= 15 is 0 Å². The number of carbonyl (C=O) groups excluding carboxylic acids is 1. The van der Waals surface area contributed by atoms with Crippen molar-refractivity contribution in [3.63, 3.8) is 0 Å². The molecule has 0 unspecified atom stereocenters. The first-order valence-electron chi connectivity index (χ1n) is 7.55. The van der Waals surface area contributed by atoms with E-state index in [1.807, 2.05) is 48.5 Å². The van der Waals surface area contributed by atoms with Crippen LogP contribution in [0, 0.1) is 0 Å². The first kappa shape index (κ1) is 16.3. The van der Waals surface area contributed by atoms with Gasteiger partial charge in [0.05, 0.1) is 20.8 Å². The molecule has 3 N–H and O–H groups in total. The number of thiophene rings is 1. The number of fused-ring (bicyclic) bond motifs is 1. The second kappa shape index (κ2) is 6.59. The lowest BCUT2D eigenvalue weighted by atomic mass is 10.0. The fourth-order valence-corrected chi connectivity index (χ4v) is 4.88. The van der Waals surface area contributed by atoms with Gasteiger partial charge in [-0.25, -0.2) is 0 Å². The van der Waals surface area contributed by atoms with Crippen LogP contribution in [0.1, 0.15) is 10.4 Å². The van der Waals surface area contributed by atoms with E-state index in [0.717, 1.165) is 31.3 Å². The monoisotopic (exact) mass is 384 g/mol. The van der Waals surface area contributed by atoms with Crippen LogP contribution >= 0.6 is 34.7 Å². The van der Waals surface area contributed by atoms with Crippen molar-refractivity contribution in [1.29, 1.82) is 0 Å². The molecule has 25 heavy (non-hydrogen) atoms. The number of amides is 1. The van der Waals surface area contributed by atoms with Gasteiger partial charge in [0.25, 0.3) is 0 Å². The third-order valence-electron chi connectivity index (χ3n) is 3.85. The third kappa shape index (κ3) is 3.06. The Morgan fingerprint density at radius 1 is 1.08 bits per heavy atom. The molecule has 0 saturated heterocycles. The molecule has 4 aromatic rings. The van der Waals surface area contributed by atoms with E-state index in [1.165, 1.54) is 0 Å². The first-order valence-corrected chi connectivity index (χ1v) is 9.62. The fraction of sp³-hybridized carbons (Fsp3) is 0. The SMILES string of the molecule is NC(=O)c1ccccc1-c1[nH]c2ccsc2c1Sc1ccc(Cl)cc1.